The maximum atomic E-state index is 3.77. The molecule has 10 rings (SSSR count). The Morgan fingerprint density at radius 2 is 0.808 bits per heavy atom. The molecule has 0 spiro atoms. The van der Waals surface area contributed by atoms with Crippen molar-refractivity contribution in [3.05, 3.63) is 237 Å². The molecule has 78 heavy (non-hydrogen) atoms. The Hall–Kier alpha value is -6.72. The summed E-state index contributed by atoms with van der Waals surface area (Å²) in [6.07, 6.45) is 15.3. The number of aryl methyl sites for hydroxylation is 3. The average molecular weight is 1150 g/mol. The van der Waals surface area contributed by atoms with Gasteiger partial charge in [-0.15, -0.1) is 0 Å². The normalized spacial score (nSPS) is 11.8. The van der Waals surface area contributed by atoms with Gasteiger partial charge in [0.1, 0.15) is 0 Å². The Labute approximate surface area is 482 Å². The molecule has 0 amide bonds. The van der Waals surface area contributed by atoms with Gasteiger partial charge in [0.05, 0.1) is 0 Å². The molecule has 0 aromatic heterocycles. The van der Waals surface area contributed by atoms with Crippen molar-refractivity contribution in [3.63, 3.8) is 0 Å². The van der Waals surface area contributed by atoms with E-state index in [4.69, 9.17) is 0 Å². The number of nitrogens with zero attached hydrogens (tertiary/aromatic N) is 2. The highest BCUT2D eigenvalue weighted by Gasteiger charge is 2.19. The minimum absolute atomic E-state index is 0.508. The van der Waals surface area contributed by atoms with E-state index in [0.29, 0.717) is 5.92 Å². The molecule has 10 aromatic carbocycles. The Kier molecular flexibility index (Phi) is 18.1. The van der Waals surface area contributed by atoms with Crippen molar-refractivity contribution < 1.29 is 0 Å². The van der Waals surface area contributed by atoms with Crippen LogP contribution in [0.5, 0.6) is 0 Å². The first-order valence-corrected chi connectivity index (χ1v) is 30.3. The van der Waals surface area contributed by atoms with E-state index in [1.165, 1.54) is 159 Å². The first-order valence-electron chi connectivity index (χ1n) is 28.7. The van der Waals surface area contributed by atoms with E-state index >= 15 is 0 Å². The molecule has 0 aliphatic rings. The molecule has 1 atom stereocenters. The highest BCUT2D eigenvalue weighted by atomic mass is 79.9. The second kappa shape index (κ2) is 25.8. The number of unbranched alkanes of at least 4 members (excludes halogenated alkanes) is 8. The van der Waals surface area contributed by atoms with E-state index in [0.717, 1.165) is 38.1 Å². The fourth-order valence-electron chi connectivity index (χ4n) is 11.6. The van der Waals surface area contributed by atoms with Crippen LogP contribution in [0.1, 0.15) is 120 Å². The third kappa shape index (κ3) is 12.7. The number of hydrogen-bond donors (Lipinski definition) is 0. The van der Waals surface area contributed by atoms with Gasteiger partial charge in [-0.1, -0.05) is 220 Å². The Balaban J connectivity index is 0.919. The van der Waals surface area contributed by atoms with E-state index in [9.17, 15) is 0 Å². The molecule has 4 heteroatoms. The number of halogens is 2. The van der Waals surface area contributed by atoms with E-state index in [-0.39, 0.29) is 0 Å². The molecule has 0 bridgehead atoms. The van der Waals surface area contributed by atoms with Crippen LogP contribution in [0.15, 0.2) is 215 Å². The van der Waals surface area contributed by atoms with Gasteiger partial charge in [-0.05, 0) is 213 Å². The lowest BCUT2D eigenvalue weighted by atomic mass is 9.86. The molecular weight excluding hydrogens is 1080 g/mol. The summed E-state index contributed by atoms with van der Waals surface area (Å²) in [7, 11) is 0. The molecule has 0 radical (unpaired) electrons. The van der Waals surface area contributed by atoms with Gasteiger partial charge in [-0.25, -0.2) is 0 Å². The molecule has 0 N–H and O–H groups in total. The largest absolute Gasteiger partial charge is 0.310 e. The smallest absolute Gasteiger partial charge is 0.0472 e. The van der Waals surface area contributed by atoms with Crippen molar-refractivity contribution in [2.45, 2.75) is 118 Å². The zero-order chi connectivity index (χ0) is 54.0. The fraction of sp³-hybridized carbons (Fsp3) is 0.243. The van der Waals surface area contributed by atoms with Crippen molar-refractivity contribution in [2.24, 2.45) is 0 Å². The second-order valence-corrected chi connectivity index (χ2v) is 23.5. The van der Waals surface area contributed by atoms with Crippen molar-refractivity contribution in [1.82, 2.24) is 0 Å². The lowest BCUT2D eigenvalue weighted by molar-refractivity contribution is 0.580. The van der Waals surface area contributed by atoms with Crippen molar-refractivity contribution >= 4 is 87.5 Å². The second-order valence-electron chi connectivity index (χ2n) is 21.6. The fourth-order valence-corrected chi connectivity index (χ4v) is 12.4. The number of anilines is 6. The number of rotatable bonds is 22. The molecular formula is C74H74Br2N2. The van der Waals surface area contributed by atoms with Gasteiger partial charge in [0.25, 0.3) is 0 Å². The third-order valence-electron chi connectivity index (χ3n) is 15.9. The molecule has 2 nitrogen and oxygen atoms in total. The van der Waals surface area contributed by atoms with Gasteiger partial charge >= 0.3 is 0 Å². The summed E-state index contributed by atoms with van der Waals surface area (Å²) in [6, 6.07) is 77.1. The van der Waals surface area contributed by atoms with Crippen molar-refractivity contribution in [1.29, 1.82) is 0 Å². The van der Waals surface area contributed by atoms with Crippen LogP contribution in [0.3, 0.4) is 0 Å². The third-order valence-corrected chi connectivity index (χ3v) is 16.9. The van der Waals surface area contributed by atoms with E-state index < -0.39 is 0 Å². The molecule has 0 aliphatic heterocycles. The van der Waals surface area contributed by atoms with Gasteiger partial charge in [0, 0.05) is 43.1 Å². The average Bonchev–Trinajstić information content (AvgIpc) is 3.49. The summed E-state index contributed by atoms with van der Waals surface area (Å²) in [5, 5.41) is 5.02. The van der Waals surface area contributed by atoms with Crippen LogP contribution < -0.4 is 9.80 Å². The predicted octanol–water partition coefficient (Wildman–Crippen LogP) is 24.1. The number of benzene rings is 10. The summed E-state index contributed by atoms with van der Waals surface area (Å²) < 4.78 is 2.13. The van der Waals surface area contributed by atoms with Crippen LogP contribution in [-0.2, 0) is 6.42 Å². The van der Waals surface area contributed by atoms with Crippen LogP contribution in [0.4, 0.5) is 34.1 Å². The Morgan fingerprint density at radius 1 is 0.372 bits per heavy atom. The maximum absolute atomic E-state index is 3.77. The predicted molar refractivity (Wildman–Crippen MR) is 346 cm³/mol. The minimum Gasteiger partial charge on any atom is -0.310 e. The topological polar surface area (TPSA) is 6.48 Å². The zero-order valence-corrected chi connectivity index (χ0v) is 49.5. The summed E-state index contributed by atoms with van der Waals surface area (Å²) in [5.74, 6) is 0.508. The highest BCUT2D eigenvalue weighted by molar-refractivity contribution is 9.10. The summed E-state index contributed by atoms with van der Waals surface area (Å²) in [5.41, 5.74) is 19.7. The van der Waals surface area contributed by atoms with Crippen LogP contribution in [0, 0.1) is 13.8 Å². The SMILES string of the molecule is CCCCCCCCc1cccc(N(c2ccc(-c3ccc4c(-c5c(C)ccc6cc(-c7ccc(N(c8cccc(Br)c8)c8cccc(C(C)CCCCCC)c8)cc7)ccc56)c(C)ccc4c3)cc2)c2cccc(Br)c2)c1. The minimum atomic E-state index is 0.508. The van der Waals surface area contributed by atoms with Crippen LogP contribution in [0.2, 0.25) is 0 Å². The standard InChI is InChI=1S/C74H74Br2N2/c1-6-8-10-12-13-15-21-55-22-16-26-67(46-55)77(69-28-18-24-63(75)50-69)65-40-34-56(35-41-65)59-38-44-71-61(47-59)32-30-53(4)73(71)74-54(5)31-33-62-48-60(39-45-72(62)74)57-36-42-66(43-37-57)78(70-29-19-25-64(76)51-70)68-27-17-23-58(49-68)52(3)20-14-11-9-7-2/h16-19,22-52H,6-15,20-21H2,1-5H3. The van der Waals surface area contributed by atoms with E-state index in [2.05, 4.69) is 283 Å². The maximum Gasteiger partial charge on any atom is 0.0472 e. The number of fused-ring (bicyclic) bond motifs is 2. The van der Waals surface area contributed by atoms with Crippen LogP contribution in [-0.4, -0.2) is 0 Å². The molecule has 0 saturated heterocycles. The Morgan fingerprint density at radius 3 is 1.32 bits per heavy atom. The Bertz CT molecular complexity index is 3630. The van der Waals surface area contributed by atoms with Gasteiger partial charge in [0.15, 0.2) is 0 Å². The van der Waals surface area contributed by atoms with Gasteiger partial charge in [0.2, 0.25) is 0 Å². The lowest BCUT2D eigenvalue weighted by Gasteiger charge is -2.27. The van der Waals surface area contributed by atoms with E-state index in [1.54, 1.807) is 0 Å². The summed E-state index contributed by atoms with van der Waals surface area (Å²) >= 11 is 7.53. The monoisotopic (exact) mass is 1150 g/mol. The highest BCUT2D eigenvalue weighted by Crippen LogP contribution is 2.43. The van der Waals surface area contributed by atoms with Gasteiger partial charge in [-0.2, -0.15) is 0 Å². The molecule has 0 saturated carbocycles. The molecule has 0 fully saturated rings. The number of hydrogen-bond acceptors (Lipinski definition) is 2. The van der Waals surface area contributed by atoms with Crippen molar-refractivity contribution in [2.75, 3.05) is 9.80 Å². The summed E-state index contributed by atoms with van der Waals surface area (Å²) in [4.78, 5) is 4.77. The first kappa shape index (κ1) is 54.6. The van der Waals surface area contributed by atoms with E-state index in [1.807, 2.05) is 0 Å². The van der Waals surface area contributed by atoms with Crippen molar-refractivity contribution in [3.8, 4) is 33.4 Å². The molecule has 0 aliphatic carbocycles. The van der Waals surface area contributed by atoms with Gasteiger partial charge < -0.3 is 9.80 Å². The zero-order valence-electron chi connectivity index (χ0n) is 46.3. The lowest BCUT2D eigenvalue weighted by Crippen LogP contribution is -2.10. The van der Waals surface area contributed by atoms with Gasteiger partial charge in [-0.3, -0.25) is 0 Å². The first-order chi connectivity index (χ1) is 38.1. The summed E-state index contributed by atoms with van der Waals surface area (Å²) in [6.45, 7) is 11.5. The quantitative estimate of drug-likeness (QED) is 0.0624. The molecule has 0 heterocycles. The van der Waals surface area contributed by atoms with Crippen LogP contribution in [0.25, 0.3) is 54.9 Å². The molecule has 1 unspecified atom stereocenters. The molecule has 394 valence electrons. The van der Waals surface area contributed by atoms with Crippen LogP contribution >= 0.6 is 31.9 Å². The molecule has 10 aromatic rings.